The first-order valence-electron chi connectivity index (χ1n) is 4.76. The monoisotopic (exact) mass is 290 g/mol. The van der Waals surface area contributed by atoms with Crippen molar-refractivity contribution in [1.29, 1.82) is 0 Å². The van der Waals surface area contributed by atoms with E-state index >= 15 is 0 Å². The van der Waals surface area contributed by atoms with Gasteiger partial charge in [-0.15, -0.1) is 0 Å². The van der Waals surface area contributed by atoms with Crippen LogP contribution in [-0.2, 0) is 0 Å². The maximum Gasteiger partial charge on any atom is 0.131 e. The minimum absolute atomic E-state index is 0.276. The highest BCUT2D eigenvalue weighted by Crippen LogP contribution is 2.21. The third-order valence-electron chi connectivity index (χ3n) is 2.20. The molecule has 0 heterocycles. The SMILES string of the molecule is CC(C)/C(=C/c1ccc(Cl)cc1F)CBr. The van der Waals surface area contributed by atoms with E-state index in [4.69, 9.17) is 11.6 Å². The first-order valence-corrected chi connectivity index (χ1v) is 6.26. The van der Waals surface area contributed by atoms with Crippen LogP contribution >= 0.6 is 27.5 Å². The zero-order valence-electron chi connectivity index (χ0n) is 8.73. The van der Waals surface area contributed by atoms with Crippen molar-refractivity contribution in [2.75, 3.05) is 5.33 Å². The molecule has 1 rings (SSSR count). The normalized spacial score (nSPS) is 12.3. The van der Waals surface area contributed by atoms with Gasteiger partial charge in [0.15, 0.2) is 0 Å². The lowest BCUT2D eigenvalue weighted by atomic mass is 10.0. The number of hydrogen-bond acceptors (Lipinski definition) is 0. The summed E-state index contributed by atoms with van der Waals surface area (Å²) in [5.74, 6) is 0.126. The lowest BCUT2D eigenvalue weighted by molar-refractivity contribution is 0.624. The van der Waals surface area contributed by atoms with Crippen molar-refractivity contribution in [3.8, 4) is 0 Å². The number of alkyl halides is 1. The molecule has 0 saturated carbocycles. The lowest BCUT2D eigenvalue weighted by Crippen LogP contribution is -1.95. The van der Waals surface area contributed by atoms with Crippen LogP contribution in [0.15, 0.2) is 23.8 Å². The van der Waals surface area contributed by atoms with Gasteiger partial charge in [-0.3, -0.25) is 0 Å². The van der Waals surface area contributed by atoms with Crippen molar-refractivity contribution < 1.29 is 4.39 Å². The van der Waals surface area contributed by atoms with Crippen molar-refractivity contribution in [3.63, 3.8) is 0 Å². The number of rotatable bonds is 3. The predicted octanol–water partition coefficient (Wildman–Crippen LogP) is 4.91. The predicted molar refractivity (Wildman–Crippen MR) is 68.0 cm³/mol. The van der Waals surface area contributed by atoms with Crippen LogP contribution in [0.5, 0.6) is 0 Å². The van der Waals surface area contributed by atoms with E-state index in [0.717, 1.165) is 10.9 Å². The van der Waals surface area contributed by atoms with Crippen molar-refractivity contribution in [3.05, 3.63) is 40.2 Å². The highest BCUT2D eigenvalue weighted by Gasteiger charge is 2.05. The van der Waals surface area contributed by atoms with Gasteiger partial charge in [-0.05, 0) is 18.1 Å². The van der Waals surface area contributed by atoms with Gasteiger partial charge >= 0.3 is 0 Å². The van der Waals surface area contributed by atoms with E-state index in [2.05, 4.69) is 29.8 Å². The fourth-order valence-electron chi connectivity index (χ4n) is 1.18. The van der Waals surface area contributed by atoms with E-state index < -0.39 is 0 Å². The topological polar surface area (TPSA) is 0 Å². The Morgan fingerprint density at radius 3 is 2.67 bits per heavy atom. The van der Waals surface area contributed by atoms with Crippen molar-refractivity contribution >= 4 is 33.6 Å². The van der Waals surface area contributed by atoms with E-state index in [1.807, 2.05) is 6.08 Å². The van der Waals surface area contributed by atoms with Gasteiger partial charge < -0.3 is 0 Å². The molecule has 0 N–H and O–H groups in total. The van der Waals surface area contributed by atoms with Gasteiger partial charge in [-0.1, -0.05) is 59.1 Å². The van der Waals surface area contributed by atoms with Gasteiger partial charge in [0.25, 0.3) is 0 Å². The Morgan fingerprint density at radius 1 is 1.53 bits per heavy atom. The van der Waals surface area contributed by atoms with Gasteiger partial charge in [-0.2, -0.15) is 0 Å². The summed E-state index contributed by atoms with van der Waals surface area (Å²) < 4.78 is 13.5. The van der Waals surface area contributed by atoms with Crippen LogP contribution in [0.2, 0.25) is 5.02 Å². The molecule has 1 aromatic rings. The van der Waals surface area contributed by atoms with Gasteiger partial charge in [0, 0.05) is 15.9 Å². The minimum atomic E-state index is -0.276. The summed E-state index contributed by atoms with van der Waals surface area (Å²) in [6.07, 6.45) is 1.87. The summed E-state index contributed by atoms with van der Waals surface area (Å²) in [6, 6.07) is 4.73. The molecule has 15 heavy (non-hydrogen) atoms. The Kier molecular flexibility index (Phi) is 4.81. The van der Waals surface area contributed by atoms with E-state index in [1.54, 1.807) is 12.1 Å². The number of allylic oxidation sites excluding steroid dienone is 1. The molecule has 1 aromatic carbocycles. The van der Waals surface area contributed by atoms with Gasteiger partial charge in [0.2, 0.25) is 0 Å². The average molecular weight is 292 g/mol. The molecule has 0 aliphatic rings. The molecular formula is C12H13BrClF. The summed E-state index contributed by atoms with van der Waals surface area (Å²) in [5, 5.41) is 1.18. The Balaban J connectivity index is 3.06. The van der Waals surface area contributed by atoms with E-state index in [0.29, 0.717) is 16.5 Å². The molecule has 0 spiro atoms. The molecule has 0 aliphatic carbocycles. The molecule has 3 heteroatoms. The van der Waals surface area contributed by atoms with Crippen LogP contribution in [0, 0.1) is 11.7 Å². The first-order chi connectivity index (χ1) is 7.04. The molecule has 0 saturated heterocycles. The molecular weight excluding hydrogens is 278 g/mol. The standard InChI is InChI=1S/C12H13BrClF/c1-8(2)10(7-13)5-9-3-4-11(14)6-12(9)15/h3-6,8H,7H2,1-2H3/b10-5+. The van der Waals surface area contributed by atoms with Gasteiger partial charge in [0.1, 0.15) is 5.82 Å². The zero-order chi connectivity index (χ0) is 11.4. The Hall–Kier alpha value is -0.340. The first kappa shape index (κ1) is 12.7. The van der Waals surface area contributed by atoms with Crippen molar-refractivity contribution in [2.24, 2.45) is 5.92 Å². The van der Waals surface area contributed by atoms with Gasteiger partial charge in [-0.25, -0.2) is 4.39 Å². The summed E-state index contributed by atoms with van der Waals surface area (Å²) in [7, 11) is 0. The van der Waals surface area contributed by atoms with Crippen LogP contribution in [0.4, 0.5) is 4.39 Å². The Morgan fingerprint density at radius 2 is 2.20 bits per heavy atom. The van der Waals surface area contributed by atoms with Gasteiger partial charge in [0.05, 0.1) is 0 Å². The summed E-state index contributed by atoms with van der Waals surface area (Å²) in [4.78, 5) is 0. The molecule has 0 amide bonds. The lowest BCUT2D eigenvalue weighted by Gasteiger charge is -2.08. The molecule has 0 atom stereocenters. The van der Waals surface area contributed by atoms with Crippen molar-refractivity contribution in [2.45, 2.75) is 13.8 Å². The fraction of sp³-hybridized carbons (Fsp3) is 0.333. The minimum Gasteiger partial charge on any atom is -0.206 e. The van der Waals surface area contributed by atoms with Crippen LogP contribution in [0.25, 0.3) is 6.08 Å². The maximum atomic E-state index is 13.5. The van der Waals surface area contributed by atoms with Crippen LogP contribution < -0.4 is 0 Å². The second-order valence-corrected chi connectivity index (χ2v) is 4.67. The molecule has 82 valence electrons. The number of benzene rings is 1. The molecule has 0 unspecified atom stereocenters. The fourth-order valence-corrected chi connectivity index (χ4v) is 2.15. The number of hydrogen-bond donors (Lipinski definition) is 0. The largest absolute Gasteiger partial charge is 0.206 e. The highest BCUT2D eigenvalue weighted by atomic mass is 79.9. The van der Waals surface area contributed by atoms with Crippen LogP contribution in [0.3, 0.4) is 0 Å². The van der Waals surface area contributed by atoms with Crippen LogP contribution in [0.1, 0.15) is 19.4 Å². The molecule has 0 aromatic heterocycles. The second-order valence-electron chi connectivity index (χ2n) is 3.67. The highest BCUT2D eigenvalue weighted by molar-refractivity contribution is 9.09. The van der Waals surface area contributed by atoms with E-state index in [9.17, 15) is 4.39 Å². The summed E-state index contributed by atoms with van der Waals surface area (Å²) in [5.41, 5.74) is 1.75. The average Bonchev–Trinajstić information content (AvgIpc) is 2.16. The summed E-state index contributed by atoms with van der Waals surface area (Å²) >= 11 is 9.08. The van der Waals surface area contributed by atoms with E-state index in [-0.39, 0.29) is 5.82 Å². The quantitative estimate of drug-likeness (QED) is 0.694. The molecule has 0 bridgehead atoms. The summed E-state index contributed by atoms with van der Waals surface area (Å²) in [6.45, 7) is 4.17. The van der Waals surface area contributed by atoms with E-state index in [1.165, 1.54) is 6.07 Å². The molecule has 0 fully saturated rings. The number of halogens is 3. The maximum absolute atomic E-state index is 13.5. The third-order valence-corrected chi connectivity index (χ3v) is 3.08. The zero-order valence-corrected chi connectivity index (χ0v) is 11.1. The Labute approximate surface area is 103 Å². The third kappa shape index (κ3) is 3.62. The van der Waals surface area contributed by atoms with Crippen molar-refractivity contribution in [1.82, 2.24) is 0 Å². The van der Waals surface area contributed by atoms with Crippen LogP contribution in [-0.4, -0.2) is 5.33 Å². The molecule has 0 radical (unpaired) electrons. The smallest absolute Gasteiger partial charge is 0.131 e. The second kappa shape index (κ2) is 5.66. The molecule has 0 aliphatic heterocycles. The Bertz CT molecular complexity index is 372. The molecule has 0 nitrogen and oxygen atoms in total.